The first-order valence-corrected chi connectivity index (χ1v) is 10.9. The molecule has 0 bridgehead atoms. The van der Waals surface area contributed by atoms with Crippen molar-refractivity contribution in [2.24, 2.45) is 7.05 Å². The second-order valence-corrected chi connectivity index (χ2v) is 8.66. The summed E-state index contributed by atoms with van der Waals surface area (Å²) < 4.78 is 8.72. The smallest absolute Gasteiger partial charge is 0.216 e. The summed E-state index contributed by atoms with van der Waals surface area (Å²) in [6, 6.07) is 25.5. The fourth-order valence-corrected chi connectivity index (χ4v) is 4.65. The second kappa shape index (κ2) is 7.66. The van der Waals surface area contributed by atoms with Gasteiger partial charge in [-0.3, -0.25) is 0 Å². The maximum atomic E-state index is 10.1. The molecule has 32 heavy (non-hydrogen) atoms. The van der Waals surface area contributed by atoms with E-state index in [1.54, 1.807) is 0 Å². The van der Waals surface area contributed by atoms with Crippen LogP contribution in [0.15, 0.2) is 77.3 Å². The third-order valence-electron chi connectivity index (χ3n) is 6.28. The zero-order chi connectivity index (χ0) is 22.4. The van der Waals surface area contributed by atoms with Crippen molar-refractivity contribution in [1.82, 2.24) is 0 Å². The lowest BCUT2D eigenvalue weighted by molar-refractivity contribution is -0.660. The van der Waals surface area contributed by atoms with Crippen molar-refractivity contribution >= 4 is 21.9 Å². The molecule has 0 saturated heterocycles. The standard InChI is InChI=1S/C29H25N2O/c1-18(2)22-16-23(20-10-6-5-7-11-20)27-21-14-13-19(3)26(25-12-8-9-15-31(25)4)28(21)32-29(27)24(22)17-30/h5-16,18H,1-4H3/q+1. The highest BCUT2D eigenvalue weighted by Gasteiger charge is 2.25. The van der Waals surface area contributed by atoms with Crippen molar-refractivity contribution in [3.63, 3.8) is 0 Å². The molecule has 0 atom stereocenters. The van der Waals surface area contributed by atoms with Crippen LogP contribution in [-0.2, 0) is 7.05 Å². The predicted molar refractivity (Wildman–Crippen MR) is 129 cm³/mol. The lowest BCUT2D eigenvalue weighted by Gasteiger charge is -2.13. The zero-order valence-electron chi connectivity index (χ0n) is 18.8. The summed E-state index contributed by atoms with van der Waals surface area (Å²) >= 11 is 0. The van der Waals surface area contributed by atoms with Crippen molar-refractivity contribution in [2.45, 2.75) is 26.7 Å². The minimum Gasteiger partial charge on any atom is -0.454 e. The summed E-state index contributed by atoms with van der Waals surface area (Å²) in [7, 11) is 2.04. The van der Waals surface area contributed by atoms with Crippen molar-refractivity contribution in [3.05, 3.63) is 89.6 Å². The Hall–Kier alpha value is -3.90. The van der Waals surface area contributed by atoms with Gasteiger partial charge in [-0.1, -0.05) is 56.3 Å². The van der Waals surface area contributed by atoms with Crippen LogP contribution >= 0.6 is 0 Å². The largest absolute Gasteiger partial charge is 0.454 e. The third kappa shape index (κ3) is 2.99. The number of rotatable bonds is 3. The van der Waals surface area contributed by atoms with Crippen LogP contribution < -0.4 is 4.57 Å². The molecule has 5 aromatic rings. The van der Waals surface area contributed by atoms with Crippen LogP contribution in [0, 0.1) is 18.3 Å². The molecule has 5 rings (SSSR count). The number of pyridine rings is 1. The normalized spacial score (nSPS) is 11.4. The summed E-state index contributed by atoms with van der Waals surface area (Å²) in [6.45, 7) is 6.36. The second-order valence-electron chi connectivity index (χ2n) is 8.66. The quantitative estimate of drug-likeness (QED) is 0.295. The van der Waals surface area contributed by atoms with E-state index in [1.807, 2.05) is 31.4 Å². The summed E-state index contributed by atoms with van der Waals surface area (Å²) in [6.07, 6.45) is 2.04. The number of furan rings is 1. The van der Waals surface area contributed by atoms with Crippen molar-refractivity contribution in [3.8, 4) is 28.5 Å². The van der Waals surface area contributed by atoms with Gasteiger partial charge in [0.25, 0.3) is 0 Å². The molecule has 0 unspecified atom stereocenters. The lowest BCUT2D eigenvalue weighted by atomic mass is 9.89. The van der Waals surface area contributed by atoms with E-state index in [4.69, 9.17) is 4.42 Å². The molecule has 0 aliphatic rings. The molecule has 0 N–H and O–H groups in total. The van der Waals surface area contributed by atoms with Crippen LogP contribution in [0.2, 0.25) is 0 Å². The molecule has 2 aromatic heterocycles. The minimum atomic E-state index is 0.206. The molecule has 0 fully saturated rings. The van der Waals surface area contributed by atoms with E-state index in [9.17, 15) is 5.26 Å². The van der Waals surface area contributed by atoms with Gasteiger partial charge >= 0.3 is 0 Å². The fourth-order valence-electron chi connectivity index (χ4n) is 4.65. The van der Waals surface area contributed by atoms with Crippen LogP contribution in [-0.4, -0.2) is 0 Å². The molecule has 3 heteroatoms. The van der Waals surface area contributed by atoms with Gasteiger partial charge in [-0.25, -0.2) is 4.57 Å². The molecule has 0 aliphatic carbocycles. The first-order valence-electron chi connectivity index (χ1n) is 10.9. The summed E-state index contributed by atoms with van der Waals surface area (Å²) in [5.41, 5.74) is 8.67. The molecule has 0 aliphatic heterocycles. The Morgan fingerprint density at radius 2 is 1.69 bits per heavy atom. The highest BCUT2D eigenvalue weighted by atomic mass is 16.3. The van der Waals surface area contributed by atoms with Gasteiger partial charge in [0.15, 0.2) is 11.8 Å². The lowest BCUT2D eigenvalue weighted by Crippen LogP contribution is -2.30. The Balaban J connectivity index is 2.00. The van der Waals surface area contributed by atoms with E-state index < -0.39 is 0 Å². The van der Waals surface area contributed by atoms with E-state index in [2.05, 4.69) is 79.9 Å². The van der Waals surface area contributed by atoms with Crippen LogP contribution in [0.3, 0.4) is 0 Å². The van der Waals surface area contributed by atoms with E-state index >= 15 is 0 Å². The Labute approximate surface area is 188 Å². The van der Waals surface area contributed by atoms with Gasteiger partial charge in [-0.05, 0) is 47.2 Å². The van der Waals surface area contributed by atoms with Crippen molar-refractivity contribution < 1.29 is 8.98 Å². The monoisotopic (exact) mass is 417 g/mol. The number of aromatic nitrogens is 1. The van der Waals surface area contributed by atoms with Gasteiger partial charge in [-0.15, -0.1) is 0 Å². The van der Waals surface area contributed by atoms with Crippen LogP contribution in [0.25, 0.3) is 44.3 Å². The molecular formula is C29H25N2O+. The van der Waals surface area contributed by atoms with Crippen LogP contribution in [0.5, 0.6) is 0 Å². The summed E-state index contributed by atoms with van der Waals surface area (Å²) in [4.78, 5) is 0. The Morgan fingerprint density at radius 1 is 0.938 bits per heavy atom. The molecule has 0 amide bonds. The molecule has 2 heterocycles. The summed E-state index contributed by atoms with van der Waals surface area (Å²) in [5, 5.41) is 12.2. The van der Waals surface area contributed by atoms with E-state index in [-0.39, 0.29) is 5.92 Å². The molecule has 3 aromatic carbocycles. The molecular weight excluding hydrogens is 392 g/mol. The van der Waals surface area contributed by atoms with Gasteiger partial charge < -0.3 is 4.42 Å². The van der Waals surface area contributed by atoms with Gasteiger partial charge in [0.2, 0.25) is 5.69 Å². The number of nitriles is 1. The number of hydrogen-bond acceptors (Lipinski definition) is 2. The Morgan fingerprint density at radius 3 is 2.38 bits per heavy atom. The van der Waals surface area contributed by atoms with Crippen LogP contribution in [0.4, 0.5) is 0 Å². The van der Waals surface area contributed by atoms with Gasteiger partial charge in [-0.2, -0.15) is 5.26 Å². The maximum absolute atomic E-state index is 10.1. The number of hydrogen-bond donors (Lipinski definition) is 0. The molecule has 156 valence electrons. The van der Waals surface area contributed by atoms with Crippen molar-refractivity contribution in [1.29, 1.82) is 5.26 Å². The number of aryl methyl sites for hydroxylation is 2. The highest BCUT2D eigenvalue weighted by Crippen LogP contribution is 2.44. The molecule has 3 nitrogen and oxygen atoms in total. The summed E-state index contributed by atoms with van der Waals surface area (Å²) in [5.74, 6) is 0.206. The van der Waals surface area contributed by atoms with E-state index in [0.29, 0.717) is 11.1 Å². The van der Waals surface area contributed by atoms with Gasteiger partial charge in [0.05, 0.1) is 11.1 Å². The Bertz CT molecular complexity index is 1520. The maximum Gasteiger partial charge on any atom is 0.216 e. The van der Waals surface area contributed by atoms with Crippen molar-refractivity contribution in [2.75, 3.05) is 0 Å². The SMILES string of the molecule is Cc1ccc2c(oc3c(C#N)c(C(C)C)cc(-c4ccccc4)c32)c1-c1cccc[n+]1C. The number of fused-ring (bicyclic) bond motifs is 3. The minimum absolute atomic E-state index is 0.206. The topological polar surface area (TPSA) is 40.8 Å². The first kappa shape index (κ1) is 20.0. The third-order valence-corrected chi connectivity index (χ3v) is 6.28. The zero-order valence-corrected chi connectivity index (χ0v) is 18.8. The Kier molecular flexibility index (Phi) is 4.79. The molecule has 0 spiro atoms. The fraction of sp³-hybridized carbons (Fsp3) is 0.172. The van der Waals surface area contributed by atoms with E-state index in [1.165, 1.54) is 0 Å². The first-order chi connectivity index (χ1) is 15.5. The predicted octanol–water partition coefficient (Wildman–Crippen LogP) is 7.05. The molecule has 0 saturated carbocycles. The number of nitrogens with zero attached hydrogens (tertiary/aromatic N) is 2. The average molecular weight is 418 g/mol. The molecule has 0 radical (unpaired) electrons. The van der Waals surface area contributed by atoms with E-state index in [0.717, 1.165) is 49.9 Å². The van der Waals surface area contributed by atoms with Gasteiger partial charge in [0, 0.05) is 22.9 Å². The van der Waals surface area contributed by atoms with Gasteiger partial charge in [0.1, 0.15) is 18.7 Å². The highest BCUT2D eigenvalue weighted by molar-refractivity contribution is 6.17. The number of benzene rings is 3. The van der Waals surface area contributed by atoms with Crippen LogP contribution in [0.1, 0.15) is 36.5 Å². The average Bonchev–Trinajstić information content (AvgIpc) is 3.18.